The Hall–Kier alpha value is -4.58. The molecule has 0 bridgehead atoms. The van der Waals surface area contributed by atoms with Crippen molar-refractivity contribution in [3.8, 4) is 11.1 Å². The van der Waals surface area contributed by atoms with Crippen LogP contribution < -0.4 is 0 Å². The Balaban J connectivity index is 1.61. The number of nitrogens with one attached hydrogen (secondary N) is 1. The number of nitrogens with zero attached hydrogens (tertiary/aromatic N) is 4. The molecule has 1 atom stereocenters. The molecule has 0 aliphatic heterocycles. The summed E-state index contributed by atoms with van der Waals surface area (Å²) in [4.78, 5) is 14.1. The maximum atomic E-state index is 10.4. The van der Waals surface area contributed by atoms with Crippen molar-refractivity contribution in [2.24, 2.45) is 0 Å². The van der Waals surface area contributed by atoms with Crippen molar-refractivity contribution in [3.05, 3.63) is 120 Å². The lowest BCUT2D eigenvalue weighted by atomic mass is 9.98. The van der Waals surface area contributed by atoms with E-state index in [0.29, 0.717) is 17.2 Å². The van der Waals surface area contributed by atoms with E-state index in [9.17, 15) is 5.11 Å². The van der Waals surface area contributed by atoms with Gasteiger partial charge in [0.1, 0.15) is 11.9 Å². The molecule has 1 unspecified atom stereocenters. The van der Waals surface area contributed by atoms with Crippen LogP contribution in [-0.2, 0) is 0 Å². The molecule has 0 amide bonds. The molecule has 2 N–H and O–H groups in total. The van der Waals surface area contributed by atoms with Gasteiger partial charge >= 0.3 is 0 Å². The monoisotopic (exact) mass is 499 g/mol. The topological polar surface area (TPSA) is 87.7 Å². The van der Waals surface area contributed by atoms with Crippen LogP contribution in [0.4, 0.5) is 0 Å². The number of allylic oxidation sites excluding steroid dienone is 2. The molecular formula is C32H29N5O. The highest BCUT2D eigenvalue weighted by atomic mass is 16.3. The molecule has 1 fully saturated rings. The van der Waals surface area contributed by atoms with Crippen molar-refractivity contribution < 1.29 is 5.11 Å². The molecule has 0 spiro atoms. The van der Waals surface area contributed by atoms with E-state index in [1.807, 2.05) is 61.1 Å². The van der Waals surface area contributed by atoms with Gasteiger partial charge in [-0.15, -0.1) is 0 Å². The van der Waals surface area contributed by atoms with Crippen LogP contribution >= 0.6 is 0 Å². The minimum atomic E-state index is -0.181. The number of hydrogen-bond donors (Lipinski definition) is 2. The Morgan fingerprint density at radius 3 is 2.32 bits per heavy atom. The van der Waals surface area contributed by atoms with Crippen LogP contribution in [-0.4, -0.2) is 30.3 Å². The Kier molecular flexibility index (Phi) is 6.08. The summed E-state index contributed by atoms with van der Waals surface area (Å²) in [6.07, 6.45) is 10.2. The Morgan fingerprint density at radius 2 is 1.68 bits per heavy atom. The summed E-state index contributed by atoms with van der Waals surface area (Å²) in [5.41, 5.74) is 6.64. The molecule has 1 aliphatic rings. The van der Waals surface area contributed by atoms with E-state index < -0.39 is 0 Å². The maximum absolute atomic E-state index is 10.4. The van der Waals surface area contributed by atoms with E-state index in [1.54, 1.807) is 13.8 Å². The van der Waals surface area contributed by atoms with Crippen LogP contribution in [0.3, 0.4) is 0 Å². The maximum Gasteiger partial charge on any atom is 0.131 e. The minimum Gasteiger partial charge on any atom is -0.512 e. The second-order valence-electron chi connectivity index (χ2n) is 9.94. The Morgan fingerprint density at radius 1 is 0.947 bits per heavy atom. The molecule has 6 heteroatoms. The van der Waals surface area contributed by atoms with Crippen LogP contribution in [0.5, 0.6) is 0 Å². The van der Waals surface area contributed by atoms with E-state index >= 15 is 0 Å². The van der Waals surface area contributed by atoms with E-state index in [0.717, 1.165) is 57.5 Å². The highest BCUT2D eigenvalue weighted by Crippen LogP contribution is 2.40. The first-order valence-electron chi connectivity index (χ1n) is 12.9. The minimum absolute atomic E-state index is 0.128. The highest BCUT2D eigenvalue weighted by molar-refractivity contribution is 6.22. The predicted molar refractivity (Wildman–Crippen MR) is 151 cm³/mol. The molecule has 2 aromatic carbocycles. The van der Waals surface area contributed by atoms with Crippen molar-refractivity contribution in [1.29, 1.82) is 5.41 Å². The number of fused-ring (bicyclic) bond motifs is 1. The molecular weight excluding hydrogens is 470 g/mol. The molecule has 5 aromatic rings. The normalized spacial score (nSPS) is 14.8. The molecule has 3 aromatic heterocycles. The van der Waals surface area contributed by atoms with Crippen LogP contribution in [0.2, 0.25) is 0 Å². The first-order valence-corrected chi connectivity index (χ1v) is 12.9. The number of hydrogen-bond acceptors (Lipinski definition) is 5. The largest absolute Gasteiger partial charge is 0.512 e. The number of aliphatic hydroxyl groups is 1. The van der Waals surface area contributed by atoms with Crippen molar-refractivity contribution in [1.82, 2.24) is 19.5 Å². The SMILES string of the molecule is CC(=N)/C(=C(/C)O)c1ccc2c(-c3cnc(C4CC4)nc3)cn(C(c3ccccc3)c3ccccn3)c2c1. The van der Waals surface area contributed by atoms with Crippen LogP contribution in [0.1, 0.15) is 61.3 Å². The van der Waals surface area contributed by atoms with Crippen LogP contribution in [0, 0.1) is 5.41 Å². The number of aliphatic hydroxyl groups excluding tert-OH is 1. The zero-order chi connectivity index (χ0) is 26.2. The third-order valence-corrected chi connectivity index (χ3v) is 7.15. The van der Waals surface area contributed by atoms with Crippen molar-refractivity contribution >= 4 is 22.2 Å². The van der Waals surface area contributed by atoms with E-state index in [2.05, 4.69) is 45.0 Å². The fraction of sp³-hybridized carbons (Fsp3) is 0.188. The molecule has 1 aliphatic carbocycles. The van der Waals surface area contributed by atoms with Gasteiger partial charge in [-0.25, -0.2) is 9.97 Å². The predicted octanol–water partition coefficient (Wildman–Crippen LogP) is 7.34. The first-order chi connectivity index (χ1) is 18.5. The second kappa shape index (κ2) is 9.71. The molecule has 0 saturated heterocycles. The van der Waals surface area contributed by atoms with E-state index in [-0.39, 0.29) is 11.8 Å². The first kappa shape index (κ1) is 23.8. The van der Waals surface area contributed by atoms with Crippen LogP contribution in [0.15, 0.2) is 97.3 Å². The smallest absolute Gasteiger partial charge is 0.131 e. The average molecular weight is 500 g/mol. The third-order valence-electron chi connectivity index (χ3n) is 7.15. The van der Waals surface area contributed by atoms with Gasteiger partial charge < -0.3 is 15.1 Å². The highest BCUT2D eigenvalue weighted by Gasteiger charge is 2.27. The lowest BCUT2D eigenvalue weighted by Gasteiger charge is -2.21. The van der Waals surface area contributed by atoms with Gasteiger partial charge in [0, 0.05) is 58.5 Å². The standard InChI is InChI=1S/C32H29N5O/c1-20(33)30(21(2)38)24-13-14-26-27(25-17-35-32(36-18-25)23-11-12-23)19-37(29(26)16-24)31(22-8-4-3-5-9-22)28-10-6-7-15-34-28/h3-10,13-19,23,31,33,38H,11-12H2,1-2H3/b30-21+,33-20?. The summed E-state index contributed by atoms with van der Waals surface area (Å²) < 4.78 is 2.24. The second-order valence-corrected chi connectivity index (χ2v) is 9.94. The van der Waals surface area contributed by atoms with Crippen molar-refractivity contribution in [3.63, 3.8) is 0 Å². The molecule has 6 rings (SSSR count). The van der Waals surface area contributed by atoms with Gasteiger partial charge in [-0.05, 0) is 56.0 Å². The van der Waals surface area contributed by atoms with Crippen molar-refractivity contribution in [2.45, 2.75) is 38.6 Å². The molecule has 6 nitrogen and oxygen atoms in total. The number of rotatable bonds is 7. The number of aromatic nitrogens is 4. The molecule has 1 saturated carbocycles. The van der Waals surface area contributed by atoms with Gasteiger partial charge in [-0.1, -0.05) is 48.5 Å². The quantitative estimate of drug-likeness (QED) is 0.181. The summed E-state index contributed by atoms with van der Waals surface area (Å²) >= 11 is 0. The summed E-state index contributed by atoms with van der Waals surface area (Å²) in [6, 6.07) is 22.2. The van der Waals surface area contributed by atoms with E-state index in [4.69, 9.17) is 10.4 Å². The molecule has 38 heavy (non-hydrogen) atoms. The van der Waals surface area contributed by atoms with Gasteiger partial charge in [-0.3, -0.25) is 4.98 Å². The van der Waals surface area contributed by atoms with Gasteiger partial charge in [0.15, 0.2) is 0 Å². The lowest BCUT2D eigenvalue weighted by Crippen LogP contribution is -2.13. The van der Waals surface area contributed by atoms with Crippen molar-refractivity contribution in [2.75, 3.05) is 0 Å². The fourth-order valence-corrected chi connectivity index (χ4v) is 5.22. The third kappa shape index (κ3) is 4.39. The molecule has 3 heterocycles. The van der Waals surface area contributed by atoms with Gasteiger partial charge in [0.05, 0.1) is 17.0 Å². The Labute approximate surface area is 221 Å². The summed E-state index contributed by atoms with van der Waals surface area (Å²) in [7, 11) is 0. The zero-order valence-corrected chi connectivity index (χ0v) is 21.5. The van der Waals surface area contributed by atoms with E-state index in [1.165, 1.54) is 0 Å². The lowest BCUT2D eigenvalue weighted by molar-refractivity contribution is 0.418. The number of benzene rings is 2. The summed E-state index contributed by atoms with van der Waals surface area (Å²) in [5.74, 6) is 1.55. The van der Waals surface area contributed by atoms with Gasteiger partial charge in [0.2, 0.25) is 0 Å². The Bertz CT molecular complexity index is 1610. The van der Waals surface area contributed by atoms with Gasteiger partial charge in [0.25, 0.3) is 0 Å². The summed E-state index contributed by atoms with van der Waals surface area (Å²) in [6.45, 7) is 3.32. The van der Waals surface area contributed by atoms with Crippen LogP contribution in [0.25, 0.3) is 27.6 Å². The average Bonchev–Trinajstić information content (AvgIpc) is 3.72. The van der Waals surface area contributed by atoms with Gasteiger partial charge in [-0.2, -0.15) is 0 Å². The number of pyridine rings is 1. The summed E-state index contributed by atoms with van der Waals surface area (Å²) in [5, 5.41) is 19.7. The fourth-order valence-electron chi connectivity index (χ4n) is 5.22. The zero-order valence-electron chi connectivity index (χ0n) is 21.5. The molecule has 188 valence electrons. The molecule has 0 radical (unpaired) electrons.